The standard InChI is InChI=1S/C22H22N4O2S/c1-16-6-9-20-21(14-16)24-22(23-20)25-10-12-26(13-11-25)29(27,28)19-8-7-17-4-2-3-5-18(17)15-19/h2-9,14-15H,10-13H2,1H3,(H,23,24). The summed E-state index contributed by atoms with van der Waals surface area (Å²) < 4.78 is 27.8. The zero-order valence-electron chi connectivity index (χ0n) is 16.2. The molecule has 7 heteroatoms. The molecule has 0 radical (unpaired) electrons. The Kier molecular flexibility index (Phi) is 4.29. The van der Waals surface area contributed by atoms with E-state index in [2.05, 4.69) is 27.9 Å². The van der Waals surface area contributed by atoms with Gasteiger partial charge in [-0.2, -0.15) is 4.31 Å². The average molecular weight is 407 g/mol. The second-order valence-corrected chi connectivity index (χ2v) is 9.42. The molecule has 29 heavy (non-hydrogen) atoms. The molecule has 0 bridgehead atoms. The monoisotopic (exact) mass is 406 g/mol. The Morgan fingerprint density at radius 2 is 1.66 bits per heavy atom. The molecule has 148 valence electrons. The van der Waals surface area contributed by atoms with E-state index in [4.69, 9.17) is 0 Å². The summed E-state index contributed by atoms with van der Waals surface area (Å²) in [5, 5.41) is 1.97. The van der Waals surface area contributed by atoms with Crippen LogP contribution in [0.3, 0.4) is 0 Å². The number of nitrogens with one attached hydrogen (secondary N) is 1. The van der Waals surface area contributed by atoms with E-state index in [1.54, 1.807) is 16.4 Å². The van der Waals surface area contributed by atoms with Gasteiger partial charge < -0.3 is 9.88 Å². The summed E-state index contributed by atoms with van der Waals surface area (Å²) >= 11 is 0. The van der Waals surface area contributed by atoms with Crippen LogP contribution in [0.5, 0.6) is 0 Å². The van der Waals surface area contributed by atoms with E-state index in [0.29, 0.717) is 31.1 Å². The Morgan fingerprint density at radius 1 is 0.897 bits per heavy atom. The summed E-state index contributed by atoms with van der Waals surface area (Å²) in [7, 11) is -3.51. The van der Waals surface area contributed by atoms with Gasteiger partial charge in [-0.1, -0.05) is 36.4 Å². The lowest BCUT2D eigenvalue weighted by atomic mass is 10.1. The van der Waals surface area contributed by atoms with Crippen molar-refractivity contribution >= 4 is 37.8 Å². The van der Waals surface area contributed by atoms with E-state index in [1.165, 1.54) is 5.56 Å². The van der Waals surface area contributed by atoms with Crippen molar-refractivity contribution in [2.45, 2.75) is 11.8 Å². The van der Waals surface area contributed by atoms with Crippen molar-refractivity contribution in [1.82, 2.24) is 14.3 Å². The summed E-state index contributed by atoms with van der Waals surface area (Å²) in [5.74, 6) is 0.799. The summed E-state index contributed by atoms with van der Waals surface area (Å²) in [6, 6.07) is 19.3. The maximum Gasteiger partial charge on any atom is 0.243 e. The van der Waals surface area contributed by atoms with Gasteiger partial charge >= 0.3 is 0 Å². The van der Waals surface area contributed by atoms with Crippen LogP contribution in [0.2, 0.25) is 0 Å². The molecule has 0 saturated carbocycles. The maximum atomic E-state index is 13.1. The van der Waals surface area contributed by atoms with Crippen LogP contribution >= 0.6 is 0 Å². The minimum atomic E-state index is -3.51. The van der Waals surface area contributed by atoms with Crippen LogP contribution in [0, 0.1) is 6.92 Å². The third-order valence-corrected chi connectivity index (χ3v) is 7.42. The molecule has 1 aromatic heterocycles. The number of sulfonamides is 1. The van der Waals surface area contributed by atoms with Gasteiger partial charge in [-0.15, -0.1) is 0 Å². The molecule has 3 aromatic carbocycles. The minimum absolute atomic E-state index is 0.351. The Morgan fingerprint density at radius 3 is 2.45 bits per heavy atom. The van der Waals surface area contributed by atoms with Crippen LogP contribution in [-0.2, 0) is 10.0 Å². The number of rotatable bonds is 3. The van der Waals surface area contributed by atoms with Crippen LogP contribution in [0.25, 0.3) is 21.8 Å². The number of aromatic amines is 1. The summed E-state index contributed by atoms with van der Waals surface area (Å²) in [5.41, 5.74) is 3.11. The number of fused-ring (bicyclic) bond motifs is 2. The van der Waals surface area contributed by atoms with Crippen molar-refractivity contribution < 1.29 is 8.42 Å². The molecule has 0 aliphatic carbocycles. The highest BCUT2D eigenvalue weighted by Crippen LogP contribution is 2.24. The van der Waals surface area contributed by atoms with Gasteiger partial charge in [0.2, 0.25) is 16.0 Å². The second kappa shape index (κ2) is 6.86. The average Bonchev–Trinajstić information content (AvgIpc) is 3.16. The van der Waals surface area contributed by atoms with Gasteiger partial charge in [-0.3, -0.25) is 0 Å². The van der Waals surface area contributed by atoms with Crippen molar-refractivity contribution in [3.63, 3.8) is 0 Å². The Bertz CT molecular complexity index is 1300. The number of hydrogen-bond acceptors (Lipinski definition) is 4. The fraction of sp³-hybridized carbons (Fsp3) is 0.227. The molecule has 1 saturated heterocycles. The first-order valence-electron chi connectivity index (χ1n) is 9.71. The molecule has 2 heterocycles. The quantitative estimate of drug-likeness (QED) is 0.565. The second-order valence-electron chi connectivity index (χ2n) is 7.48. The van der Waals surface area contributed by atoms with Gasteiger partial charge in [0.15, 0.2) is 0 Å². The fourth-order valence-corrected chi connectivity index (χ4v) is 5.34. The number of H-pyrrole nitrogens is 1. The van der Waals surface area contributed by atoms with Crippen molar-refractivity contribution in [2.24, 2.45) is 0 Å². The summed E-state index contributed by atoms with van der Waals surface area (Å²) in [4.78, 5) is 10.5. The number of anilines is 1. The van der Waals surface area contributed by atoms with E-state index in [-0.39, 0.29) is 0 Å². The molecule has 6 nitrogen and oxygen atoms in total. The molecule has 4 aromatic rings. The number of aromatic nitrogens is 2. The van der Waals surface area contributed by atoms with Gasteiger partial charge in [0, 0.05) is 26.2 Å². The molecule has 0 amide bonds. The van der Waals surface area contributed by atoms with Gasteiger partial charge in [0.25, 0.3) is 0 Å². The van der Waals surface area contributed by atoms with Crippen molar-refractivity contribution in [3.8, 4) is 0 Å². The van der Waals surface area contributed by atoms with Gasteiger partial charge in [-0.25, -0.2) is 13.4 Å². The first-order chi connectivity index (χ1) is 14.0. The molecule has 1 aliphatic heterocycles. The largest absolute Gasteiger partial charge is 0.340 e. The van der Waals surface area contributed by atoms with Gasteiger partial charge in [0.05, 0.1) is 15.9 Å². The van der Waals surface area contributed by atoms with Crippen LogP contribution in [-0.4, -0.2) is 48.9 Å². The lowest BCUT2D eigenvalue weighted by Crippen LogP contribution is -2.49. The molecule has 1 aliphatic rings. The lowest BCUT2D eigenvalue weighted by Gasteiger charge is -2.33. The fourth-order valence-electron chi connectivity index (χ4n) is 3.88. The highest BCUT2D eigenvalue weighted by molar-refractivity contribution is 7.89. The van der Waals surface area contributed by atoms with Crippen LogP contribution in [0.15, 0.2) is 65.6 Å². The van der Waals surface area contributed by atoms with Gasteiger partial charge in [-0.05, 0) is 47.5 Å². The molecule has 5 rings (SSSR count). The highest BCUT2D eigenvalue weighted by Gasteiger charge is 2.29. The van der Waals surface area contributed by atoms with E-state index < -0.39 is 10.0 Å². The molecular formula is C22H22N4O2S. The lowest BCUT2D eigenvalue weighted by molar-refractivity contribution is 0.383. The maximum absolute atomic E-state index is 13.1. The minimum Gasteiger partial charge on any atom is -0.340 e. The zero-order valence-corrected chi connectivity index (χ0v) is 17.0. The van der Waals surface area contributed by atoms with Crippen LogP contribution in [0.4, 0.5) is 5.95 Å². The van der Waals surface area contributed by atoms with E-state index in [1.807, 2.05) is 42.5 Å². The highest BCUT2D eigenvalue weighted by atomic mass is 32.2. The van der Waals surface area contributed by atoms with Crippen molar-refractivity contribution in [3.05, 3.63) is 66.2 Å². The first-order valence-corrected chi connectivity index (χ1v) is 11.1. The zero-order chi connectivity index (χ0) is 20.0. The molecule has 0 atom stereocenters. The number of aryl methyl sites for hydroxylation is 1. The number of benzene rings is 3. The van der Waals surface area contributed by atoms with Crippen LogP contribution < -0.4 is 4.90 Å². The molecule has 0 spiro atoms. The smallest absolute Gasteiger partial charge is 0.243 e. The van der Waals surface area contributed by atoms with Crippen molar-refractivity contribution in [2.75, 3.05) is 31.1 Å². The summed E-state index contributed by atoms with van der Waals surface area (Å²) in [6.07, 6.45) is 0. The predicted molar refractivity (Wildman–Crippen MR) is 116 cm³/mol. The SMILES string of the molecule is Cc1ccc2nc(N3CCN(S(=O)(=O)c4ccc5ccccc5c4)CC3)[nH]c2c1. The first kappa shape index (κ1) is 18.1. The Hall–Kier alpha value is -2.90. The van der Waals surface area contributed by atoms with Gasteiger partial charge in [0.1, 0.15) is 0 Å². The number of nitrogens with zero attached hydrogens (tertiary/aromatic N) is 3. The number of hydrogen-bond donors (Lipinski definition) is 1. The number of imidazole rings is 1. The topological polar surface area (TPSA) is 69.3 Å². The summed E-state index contributed by atoms with van der Waals surface area (Å²) in [6.45, 7) is 4.13. The third-order valence-electron chi connectivity index (χ3n) is 5.52. The molecule has 1 N–H and O–H groups in total. The third kappa shape index (κ3) is 3.26. The molecule has 0 unspecified atom stereocenters. The van der Waals surface area contributed by atoms with Crippen molar-refractivity contribution in [1.29, 1.82) is 0 Å². The van der Waals surface area contributed by atoms with E-state index >= 15 is 0 Å². The Labute approximate surface area is 169 Å². The molecular weight excluding hydrogens is 384 g/mol. The van der Waals surface area contributed by atoms with Crippen LogP contribution in [0.1, 0.15) is 5.56 Å². The normalized spacial score (nSPS) is 16.0. The van der Waals surface area contributed by atoms with E-state index in [0.717, 1.165) is 27.8 Å². The van der Waals surface area contributed by atoms with E-state index in [9.17, 15) is 8.42 Å². The molecule has 1 fully saturated rings. The predicted octanol–water partition coefficient (Wildman–Crippen LogP) is 3.54. The Balaban J connectivity index is 1.35. The number of piperazine rings is 1.